The standard InChI is InChI=1S/C15H18O2Si/c1-10(16)13-9-14(18(2,3)4)11-7-5-6-8-12(11)15(13)17/h5-9,17H,1-4H3. The fraction of sp³-hybridized carbons (Fsp3) is 0.267. The van der Waals surface area contributed by atoms with Crippen molar-refractivity contribution in [1.29, 1.82) is 0 Å². The average Bonchev–Trinajstić information content (AvgIpc) is 2.27. The van der Waals surface area contributed by atoms with Crippen LogP contribution in [0.4, 0.5) is 0 Å². The van der Waals surface area contributed by atoms with Crippen LogP contribution in [-0.2, 0) is 0 Å². The Morgan fingerprint density at radius 1 is 1.11 bits per heavy atom. The number of ketones is 1. The number of hydrogen-bond acceptors (Lipinski definition) is 2. The first-order valence-corrected chi connectivity index (χ1v) is 9.58. The van der Waals surface area contributed by atoms with Gasteiger partial charge in [0.15, 0.2) is 5.78 Å². The second kappa shape index (κ2) is 4.25. The highest BCUT2D eigenvalue weighted by Crippen LogP contribution is 2.29. The minimum absolute atomic E-state index is 0.0854. The smallest absolute Gasteiger partial charge is 0.163 e. The number of benzene rings is 2. The zero-order chi connectivity index (χ0) is 13.5. The number of Topliss-reactive ketones (excluding diaryl/α,β-unsaturated/α-hetero) is 1. The number of phenols is 1. The van der Waals surface area contributed by atoms with Gasteiger partial charge < -0.3 is 5.11 Å². The van der Waals surface area contributed by atoms with Gasteiger partial charge in [-0.05, 0) is 18.4 Å². The molecule has 0 aliphatic heterocycles. The maximum Gasteiger partial charge on any atom is 0.163 e. The molecule has 0 saturated carbocycles. The predicted octanol–water partition coefficient (Wildman–Crippen LogP) is 3.29. The Bertz CT molecular complexity index is 624. The molecule has 2 rings (SSSR count). The maximum absolute atomic E-state index is 11.6. The van der Waals surface area contributed by atoms with Crippen molar-refractivity contribution in [2.24, 2.45) is 0 Å². The lowest BCUT2D eigenvalue weighted by Gasteiger charge is -2.21. The first-order chi connectivity index (χ1) is 8.32. The van der Waals surface area contributed by atoms with E-state index in [1.54, 1.807) is 0 Å². The van der Waals surface area contributed by atoms with Crippen molar-refractivity contribution in [2.75, 3.05) is 0 Å². The number of carbonyl (C=O) groups excluding carboxylic acids is 1. The van der Waals surface area contributed by atoms with Crippen LogP contribution in [0.25, 0.3) is 10.8 Å². The zero-order valence-electron chi connectivity index (χ0n) is 11.2. The number of rotatable bonds is 2. The van der Waals surface area contributed by atoms with Gasteiger partial charge in [-0.2, -0.15) is 0 Å². The van der Waals surface area contributed by atoms with Gasteiger partial charge in [0.1, 0.15) is 5.75 Å². The summed E-state index contributed by atoms with van der Waals surface area (Å²) >= 11 is 0. The molecule has 94 valence electrons. The van der Waals surface area contributed by atoms with Crippen molar-refractivity contribution < 1.29 is 9.90 Å². The molecule has 0 unspecified atom stereocenters. The molecule has 2 nitrogen and oxygen atoms in total. The van der Waals surface area contributed by atoms with Crippen LogP contribution < -0.4 is 5.19 Å². The summed E-state index contributed by atoms with van der Waals surface area (Å²) in [6, 6.07) is 9.64. The van der Waals surface area contributed by atoms with E-state index in [4.69, 9.17) is 0 Å². The molecule has 0 aromatic heterocycles. The SMILES string of the molecule is CC(=O)c1cc([Si](C)(C)C)c2ccccc2c1O. The monoisotopic (exact) mass is 258 g/mol. The topological polar surface area (TPSA) is 37.3 Å². The maximum atomic E-state index is 11.6. The second-order valence-electron chi connectivity index (χ2n) is 5.67. The summed E-state index contributed by atoms with van der Waals surface area (Å²) < 4.78 is 0. The highest BCUT2D eigenvalue weighted by Gasteiger charge is 2.23. The van der Waals surface area contributed by atoms with E-state index in [-0.39, 0.29) is 11.5 Å². The van der Waals surface area contributed by atoms with E-state index in [1.165, 1.54) is 12.1 Å². The van der Waals surface area contributed by atoms with Gasteiger partial charge >= 0.3 is 0 Å². The molecule has 0 spiro atoms. The van der Waals surface area contributed by atoms with Gasteiger partial charge in [0, 0.05) is 5.39 Å². The van der Waals surface area contributed by atoms with Gasteiger partial charge in [-0.3, -0.25) is 4.79 Å². The Morgan fingerprint density at radius 2 is 1.67 bits per heavy atom. The summed E-state index contributed by atoms with van der Waals surface area (Å²) in [6.45, 7) is 8.24. The number of phenolic OH excluding ortho intramolecular Hbond substituents is 1. The van der Waals surface area contributed by atoms with Gasteiger partial charge in [0.2, 0.25) is 0 Å². The third kappa shape index (κ3) is 2.06. The van der Waals surface area contributed by atoms with Crippen LogP contribution in [0.15, 0.2) is 30.3 Å². The highest BCUT2D eigenvalue weighted by molar-refractivity contribution is 6.90. The summed E-state index contributed by atoms with van der Waals surface area (Å²) in [5.74, 6) is 0.0258. The molecule has 0 bridgehead atoms. The molecule has 2 aromatic carbocycles. The van der Waals surface area contributed by atoms with Crippen LogP contribution in [0, 0.1) is 0 Å². The number of hydrogen-bond donors (Lipinski definition) is 1. The van der Waals surface area contributed by atoms with Gasteiger partial charge in [-0.1, -0.05) is 49.1 Å². The van der Waals surface area contributed by atoms with E-state index < -0.39 is 8.07 Å². The molecule has 0 atom stereocenters. The Hall–Kier alpha value is -1.61. The predicted molar refractivity (Wildman–Crippen MR) is 78.6 cm³/mol. The van der Waals surface area contributed by atoms with Gasteiger partial charge in [0.05, 0.1) is 13.6 Å². The molecule has 0 saturated heterocycles. The first kappa shape index (κ1) is 12.8. The molecule has 0 fully saturated rings. The summed E-state index contributed by atoms with van der Waals surface area (Å²) in [5, 5.41) is 13.3. The molecule has 0 heterocycles. The van der Waals surface area contributed by atoms with Crippen LogP contribution in [0.5, 0.6) is 5.75 Å². The molecular weight excluding hydrogens is 240 g/mol. The third-order valence-electron chi connectivity index (χ3n) is 3.20. The van der Waals surface area contributed by atoms with Crippen molar-refractivity contribution in [1.82, 2.24) is 0 Å². The summed E-state index contributed by atoms with van der Waals surface area (Å²) in [5.41, 5.74) is 0.436. The minimum Gasteiger partial charge on any atom is -0.507 e. The Kier molecular flexibility index (Phi) is 3.03. The Morgan fingerprint density at radius 3 is 2.17 bits per heavy atom. The van der Waals surface area contributed by atoms with Crippen LogP contribution in [0.3, 0.4) is 0 Å². The summed E-state index contributed by atoms with van der Waals surface area (Å²) in [6.07, 6.45) is 0. The highest BCUT2D eigenvalue weighted by atomic mass is 28.3. The van der Waals surface area contributed by atoms with Gasteiger partial charge in [0.25, 0.3) is 0 Å². The van der Waals surface area contributed by atoms with E-state index >= 15 is 0 Å². The molecular formula is C15H18O2Si. The molecule has 0 aliphatic rings. The molecule has 0 aliphatic carbocycles. The van der Waals surface area contributed by atoms with Crippen molar-refractivity contribution in [3.63, 3.8) is 0 Å². The quantitative estimate of drug-likeness (QED) is 0.663. The Labute approximate surface area is 108 Å². The Balaban J connectivity index is 2.94. The second-order valence-corrected chi connectivity index (χ2v) is 10.7. The fourth-order valence-corrected chi connectivity index (χ4v) is 3.85. The van der Waals surface area contributed by atoms with E-state index in [2.05, 4.69) is 19.6 Å². The molecule has 3 heteroatoms. The molecule has 18 heavy (non-hydrogen) atoms. The van der Waals surface area contributed by atoms with Crippen LogP contribution >= 0.6 is 0 Å². The molecule has 0 amide bonds. The van der Waals surface area contributed by atoms with Crippen LogP contribution in [0.2, 0.25) is 19.6 Å². The minimum atomic E-state index is -1.56. The number of fused-ring (bicyclic) bond motifs is 1. The lowest BCUT2D eigenvalue weighted by Crippen LogP contribution is -2.38. The van der Waals surface area contributed by atoms with Crippen molar-refractivity contribution in [2.45, 2.75) is 26.6 Å². The normalized spacial score (nSPS) is 11.8. The average molecular weight is 258 g/mol. The summed E-state index contributed by atoms with van der Waals surface area (Å²) in [4.78, 5) is 11.6. The van der Waals surface area contributed by atoms with Crippen molar-refractivity contribution >= 4 is 29.8 Å². The van der Waals surface area contributed by atoms with Crippen LogP contribution in [0.1, 0.15) is 17.3 Å². The van der Waals surface area contributed by atoms with E-state index in [0.717, 1.165) is 10.8 Å². The largest absolute Gasteiger partial charge is 0.507 e. The lowest BCUT2D eigenvalue weighted by atomic mass is 10.0. The van der Waals surface area contributed by atoms with Crippen molar-refractivity contribution in [3.05, 3.63) is 35.9 Å². The fourth-order valence-electron chi connectivity index (χ4n) is 2.25. The lowest BCUT2D eigenvalue weighted by molar-refractivity contribution is 0.101. The van der Waals surface area contributed by atoms with Gasteiger partial charge in [-0.25, -0.2) is 0 Å². The third-order valence-corrected chi connectivity index (χ3v) is 5.23. The molecule has 2 aromatic rings. The molecule has 0 radical (unpaired) electrons. The van der Waals surface area contributed by atoms with Crippen molar-refractivity contribution in [3.8, 4) is 5.75 Å². The van der Waals surface area contributed by atoms with Crippen LogP contribution in [-0.4, -0.2) is 19.0 Å². The van der Waals surface area contributed by atoms with E-state index in [0.29, 0.717) is 5.56 Å². The van der Waals surface area contributed by atoms with E-state index in [9.17, 15) is 9.90 Å². The zero-order valence-corrected chi connectivity index (χ0v) is 12.2. The molecule has 1 N–H and O–H groups in total. The first-order valence-electron chi connectivity index (χ1n) is 6.08. The number of aromatic hydroxyl groups is 1. The van der Waals surface area contributed by atoms with Gasteiger partial charge in [-0.15, -0.1) is 0 Å². The summed E-state index contributed by atoms with van der Waals surface area (Å²) in [7, 11) is -1.56. The van der Waals surface area contributed by atoms with E-state index in [1.807, 2.05) is 30.3 Å². The number of carbonyl (C=O) groups is 1.